The second kappa shape index (κ2) is 8.83. The van der Waals surface area contributed by atoms with Gasteiger partial charge < -0.3 is 10.1 Å². The molecule has 31 heavy (non-hydrogen) atoms. The highest BCUT2D eigenvalue weighted by molar-refractivity contribution is 7.89. The molecule has 0 bridgehead atoms. The minimum Gasteiger partial charge on any atom is -0.379 e. The van der Waals surface area contributed by atoms with E-state index in [-0.39, 0.29) is 22.9 Å². The predicted molar refractivity (Wildman–Crippen MR) is 116 cm³/mol. The molecular weight excluding hydrogens is 441 g/mol. The van der Waals surface area contributed by atoms with Crippen LogP contribution in [0.2, 0.25) is 0 Å². The van der Waals surface area contributed by atoms with Crippen LogP contribution in [0.1, 0.15) is 15.2 Å². The Hall–Kier alpha value is -2.66. The lowest BCUT2D eigenvalue weighted by atomic mass is 10.2. The van der Waals surface area contributed by atoms with Crippen LogP contribution in [0.5, 0.6) is 0 Å². The minimum absolute atomic E-state index is 0.142. The summed E-state index contributed by atoms with van der Waals surface area (Å²) in [6, 6.07) is 11.0. The van der Waals surface area contributed by atoms with Gasteiger partial charge in [0, 0.05) is 24.3 Å². The number of nitrogens with one attached hydrogen (secondary N) is 1. The molecule has 2 heterocycles. The molecule has 0 unspecified atom stereocenters. The van der Waals surface area contributed by atoms with Crippen LogP contribution in [0.3, 0.4) is 0 Å². The Morgan fingerprint density at radius 3 is 2.68 bits per heavy atom. The van der Waals surface area contributed by atoms with Crippen molar-refractivity contribution in [1.82, 2.24) is 9.29 Å². The summed E-state index contributed by atoms with van der Waals surface area (Å²) in [6.45, 7) is 2.99. The summed E-state index contributed by atoms with van der Waals surface area (Å²) in [4.78, 5) is 17.3. The maximum absolute atomic E-state index is 14.0. The number of benzene rings is 2. The summed E-state index contributed by atoms with van der Waals surface area (Å²) in [5.41, 5.74) is 1.26. The smallest absolute Gasteiger partial charge is 0.267 e. The van der Waals surface area contributed by atoms with Gasteiger partial charge in [0.15, 0.2) is 0 Å². The number of carbonyl (C=O) groups is 1. The molecule has 1 saturated heterocycles. The third-order valence-corrected chi connectivity index (χ3v) is 7.94. The monoisotopic (exact) mass is 461 g/mol. The number of ether oxygens (including phenoxy) is 1. The molecular formula is C21H20FN3O4S2. The molecule has 7 nitrogen and oxygen atoms in total. The fourth-order valence-corrected chi connectivity index (χ4v) is 5.71. The van der Waals surface area contributed by atoms with Crippen molar-refractivity contribution in [1.29, 1.82) is 0 Å². The van der Waals surface area contributed by atoms with Crippen LogP contribution in [-0.4, -0.2) is 49.9 Å². The van der Waals surface area contributed by atoms with Crippen molar-refractivity contribution in [3.63, 3.8) is 0 Å². The summed E-state index contributed by atoms with van der Waals surface area (Å²) in [6.07, 6.45) is 1.38. The Morgan fingerprint density at radius 1 is 1.19 bits per heavy atom. The van der Waals surface area contributed by atoms with Gasteiger partial charge in [-0.05, 0) is 36.8 Å². The molecule has 3 aromatic rings. The topological polar surface area (TPSA) is 88.6 Å². The molecule has 0 saturated carbocycles. The summed E-state index contributed by atoms with van der Waals surface area (Å²) in [7, 11) is -3.70. The standard InChI is InChI=1S/C21H20FN3O4S2/c1-14-6-7-15(12-19(14)31(27,28)25-8-10-29-11-9-25)24-20(26)18-13-23-21(30-18)16-4-2-3-5-17(16)22/h2-7,12-13H,8-11H2,1H3,(H,24,26). The van der Waals surface area contributed by atoms with Crippen LogP contribution in [0.4, 0.5) is 10.1 Å². The summed E-state index contributed by atoms with van der Waals surface area (Å²) in [5, 5.41) is 3.10. The Kier molecular flexibility index (Phi) is 6.15. The van der Waals surface area contributed by atoms with Crippen molar-refractivity contribution in [2.24, 2.45) is 0 Å². The molecule has 0 radical (unpaired) electrons. The molecule has 1 amide bonds. The molecule has 2 aromatic carbocycles. The molecule has 1 aliphatic rings. The van der Waals surface area contributed by atoms with Gasteiger partial charge in [-0.15, -0.1) is 11.3 Å². The molecule has 1 aromatic heterocycles. The van der Waals surface area contributed by atoms with E-state index in [1.54, 1.807) is 37.3 Å². The maximum atomic E-state index is 14.0. The van der Waals surface area contributed by atoms with E-state index >= 15 is 0 Å². The van der Waals surface area contributed by atoms with E-state index in [2.05, 4.69) is 10.3 Å². The number of aryl methyl sites for hydroxylation is 1. The highest BCUT2D eigenvalue weighted by Gasteiger charge is 2.28. The Labute approximate surface area is 183 Å². The van der Waals surface area contributed by atoms with Crippen molar-refractivity contribution in [2.75, 3.05) is 31.6 Å². The average Bonchev–Trinajstić information content (AvgIpc) is 3.26. The van der Waals surface area contributed by atoms with Crippen molar-refractivity contribution in [3.05, 3.63) is 64.9 Å². The number of halogens is 1. The predicted octanol–water partition coefficient (Wildman–Crippen LogP) is 3.53. The Morgan fingerprint density at radius 2 is 1.94 bits per heavy atom. The summed E-state index contributed by atoms with van der Waals surface area (Å²) >= 11 is 1.06. The molecule has 162 valence electrons. The lowest BCUT2D eigenvalue weighted by Crippen LogP contribution is -2.40. The first-order valence-electron chi connectivity index (χ1n) is 9.57. The largest absolute Gasteiger partial charge is 0.379 e. The van der Waals surface area contributed by atoms with E-state index in [0.29, 0.717) is 35.0 Å². The number of hydrogen-bond acceptors (Lipinski definition) is 6. The Balaban J connectivity index is 1.56. The highest BCUT2D eigenvalue weighted by atomic mass is 32.2. The van der Waals surface area contributed by atoms with E-state index in [4.69, 9.17) is 4.74 Å². The van der Waals surface area contributed by atoms with E-state index in [1.165, 1.54) is 22.6 Å². The molecule has 1 aliphatic heterocycles. The molecule has 0 atom stereocenters. The van der Waals surface area contributed by atoms with Crippen LogP contribution in [0.25, 0.3) is 10.6 Å². The van der Waals surface area contributed by atoms with Gasteiger partial charge in [0.05, 0.1) is 24.3 Å². The zero-order valence-corrected chi connectivity index (χ0v) is 18.3. The molecule has 0 aliphatic carbocycles. The van der Waals surface area contributed by atoms with Gasteiger partial charge >= 0.3 is 0 Å². The average molecular weight is 462 g/mol. The minimum atomic E-state index is -3.70. The number of hydrogen-bond donors (Lipinski definition) is 1. The lowest BCUT2D eigenvalue weighted by Gasteiger charge is -2.26. The zero-order valence-electron chi connectivity index (χ0n) is 16.7. The number of carbonyl (C=O) groups excluding carboxylic acids is 1. The van der Waals surface area contributed by atoms with E-state index in [9.17, 15) is 17.6 Å². The van der Waals surface area contributed by atoms with Crippen LogP contribution >= 0.6 is 11.3 Å². The third kappa shape index (κ3) is 4.52. The number of anilines is 1. The van der Waals surface area contributed by atoms with Crippen molar-refractivity contribution >= 4 is 33.0 Å². The number of amides is 1. The van der Waals surface area contributed by atoms with Crippen molar-refractivity contribution in [3.8, 4) is 10.6 Å². The van der Waals surface area contributed by atoms with Gasteiger partial charge in [-0.1, -0.05) is 18.2 Å². The van der Waals surface area contributed by atoms with Gasteiger partial charge in [0.1, 0.15) is 15.7 Å². The van der Waals surface area contributed by atoms with Gasteiger partial charge in [0.2, 0.25) is 10.0 Å². The highest BCUT2D eigenvalue weighted by Crippen LogP contribution is 2.29. The summed E-state index contributed by atoms with van der Waals surface area (Å²) < 4.78 is 46.6. The quantitative estimate of drug-likeness (QED) is 0.628. The van der Waals surface area contributed by atoms with E-state index < -0.39 is 21.7 Å². The number of nitrogens with zero attached hydrogens (tertiary/aromatic N) is 2. The van der Waals surface area contributed by atoms with Gasteiger partial charge in [-0.2, -0.15) is 4.31 Å². The number of morpholine rings is 1. The van der Waals surface area contributed by atoms with Gasteiger partial charge in [-0.3, -0.25) is 4.79 Å². The molecule has 10 heteroatoms. The Bertz CT molecular complexity index is 1220. The fourth-order valence-electron chi connectivity index (χ4n) is 3.21. The van der Waals surface area contributed by atoms with E-state index in [1.807, 2.05) is 0 Å². The van der Waals surface area contributed by atoms with Gasteiger partial charge in [0.25, 0.3) is 5.91 Å². The second-order valence-electron chi connectivity index (χ2n) is 6.96. The van der Waals surface area contributed by atoms with Crippen molar-refractivity contribution < 1.29 is 22.3 Å². The summed E-state index contributed by atoms with van der Waals surface area (Å²) in [5.74, 6) is -0.862. The number of rotatable bonds is 5. The van der Waals surface area contributed by atoms with Crippen LogP contribution in [-0.2, 0) is 14.8 Å². The van der Waals surface area contributed by atoms with Crippen LogP contribution < -0.4 is 5.32 Å². The van der Waals surface area contributed by atoms with Crippen molar-refractivity contribution in [2.45, 2.75) is 11.8 Å². The number of thiazole rings is 1. The SMILES string of the molecule is Cc1ccc(NC(=O)c2cnc(-c3ccccc3F)s2)cc1S(=O)(=O)N1CCOCC1. The maximum Gasteiger partial charge on any atom is 0.267 e. The number of sulfonamides is 1. The first-order valence-corrected chi connectivity index (χ1v) is 11.8. The third-order valence-electron chi connectivity index (χ3n) is 4.87. The first-order chi connectivity index (χ1) is 14.9. The molecule has 1 N–H and O–H groups in total. The molecule has 0 spiro atoms. The zero-order chi connectivity index (χ0) is 22.0. The molecule has 4 rings (SSSR count). The van der Waals surface area contributed by atoms with Gasteiger partial charge in [-0.25, -0.2) is 17.8 Å². The lowest BCUT2D eigenvalue weighted by molar-refractivity contribution is 0.0730. The second-order valence-corrected chi connectivity index (χ2v) is 9.90. The van der Waals surface area contributed by atoms with Crippen LogP contribution in [0.15, 0.2) is 53.6 Å². The van der Waals surface area contributed by atoms with Crippen LogP contribution in [0, 0.1) is 12.7 Å². The fraction of sp³-hybridized carbons (Fsp3) is 0.238. The van der Waals surface area contributed by atoms with E-state index in [0.717, 1.165) is 11.3 Å². The first kappa shape index (κ1) is 21.6. The molecule has 1 fully saturated rings. The normalized spacial score (nSPS) is 15.0. The number of aromatic nitrogens is 1.